The average molecular weight is 424 g/mol. The molecule has 0 radical (unpaired) electrons. The van der Waals surface area contributed by atoms with Crippen LogP contribution < -0.4 is 19.7 Å². The number of hydrogen-bond acceptors (Lipinski definition) is 6. The van der Waals surface area contributed by atoms with E-state index < -0.39 is 11.5 Å². The van der Waals surface area contributed by atoms with Crippen molar-refractivity contribution in [2.45, 2.75) is 19.4 Å². The number of rotatable bonds is 6. The second kappa shape index (κ2) is 8.91. The van der Waals surface area contributed by atoms with Crippen molar-refractivity contribution in [3.8, 4) is 11.5 Å². The molecule has 31 heavy (non-hydrogen) atoms. The third kappa shape index (κ3) is 4.53. The van der Waals surface area contributed by atoms with E-state index in [1.165, 1.54) is 25.2 Å². The van der Waals surface area contributed by atoms with Gasteiger partial charge in [-0.3, -0.25) is 14.5 Å². The van der Waals surface area contributed by atoms with Gasteiger partial charge in [0.1, 0.15) is 5.54 Å². The number of hydrogen-bond donors (Lipinski definition) is 1. The Hall–Kier alpha value is -3.81. The van der Waals surface area contributed by atoms with E-state index in [9.17, 15) is 14.4 Å². The number of esters is 1. The number of nitrogens with zero attached hydrogens (tertiary/aromatic N) is 1. The lowest BCUT2D eigenvalue weighted by atomic mass is 9.96. The van der Waals surface area contributed by atoms with E-state index in [1.54, 1.807) is 62.4 Å². The third-order valence-corrected chi connectivity index (χ3v) is 4.91. The second-order valence-corrected chi connectivity index (χ2v) is 7.31. The van der Waals surface area contributed by atoms with Crippen LogP contribution in [-0.4, -0.2) is 44.1 Å². The summed E-state index contributed by atoms with van der Waals surface area (Å²) in [7, 11) is 2.78. The maximum absolute atomic E-state index is 13.1. The first-order chi connectivity index (χ1) is 14.8. The summed E-state index contributed by atoms with van der Waals surface area (Å²) < 4.78 is 15.6. The molecule has 8 heteroatoms. The minimum absolute atomic E-state index is 0.279. The lowest BCUT2D eigenvalue weighted by Gasteiger charge is -2.41. The number of methoxy groups -OCH3 is 2. The van der Waals surface area contributed by atoms with Crippen LogP contribution in [-0.2, 0) is 19.1 Å². The zero-order valence-corrected chi connectivity index (χ0v) is 17.8. The Bertz CT molecular complexity index is 1040. The summed E-state index contributed by atoms with van der Waals surface area (Å²) in [5, 5.41) is 2.82. The highest BCUT2D eigenvalue weighted by Crippen LogP contribution is 2.37. The van der Waals surface area contributed by atoms with Crippen molar-refractivity contribution < 1.29 is 28.6 Å². The van der Waals surface area contributed by atoms with Crippen LogP contribution in [0.2, 0.25) is 0 Å². The van der Waals surface area contributed by atoms with Crippen molar-refractivity contribution in [1.82, 2.24) is 0 Å². The number of carbonyl (C=O) groups is 3. The first kappa shape index (κ1) is 21.9. The third-order valence-electron chi connectivity index (χ3n) is 4.91. The Morgan fingerprint density at radius 1 is 1.10 bits per heavy atom. The van der Waals surface area contributed by atoms with E-state index in [0.29, 0.717) is 28.4 Å². The van der Waals surface area contributed by atoms with Crippen LogP contribution in [0, 0.1) is 0 Å². The standard InChI is InChI=1S/C23H24N2O6/c1-23(2)22(28)24-16-7-5-6-8-17(16)25(23)20(26)14-31-18-11-9-15(13-19(18)29-3)10-12-21(27)30-4/h5-13H,14H2,1-4H3,(H,24,28). The van der Waals surface area contributed by atoms with Gasteiger partial charge in [0.15, 0.2) is 18.1 Å². The van der Waals surface area contributed by atoms with Gasteiger partial charge in [-0.05, 0) is 49.8 Å². The molecule has 162 valence electrons. The van der Waals surface area contributed by atoms with Crippen molar-refractivity contribution >= 4 is 35.2 Å². The molecule has 8 nitrogen and oxygen atoms in total. The van der Waals surface area contributed by atoms with Gasteiger partial charge in [0, 0.05) is 6.08 Å². The molecule has 0 saturated carbocycles. The summed E-state index contributed by atoms with van der Waals surface area (Å²) in [5.74, 6) is -0.365. The number of amides is 2. The predicted octanol–water partition coefficient (Wildman–Crippen LogP) is 3.02. The maximum Gasteiger partial charge on any atom is 0.330 e. The van der Waals surface area contributed by atoms with Gasteiger partial charge in [0.2, 0.25) is 5.91 Å². The highest BCUT2D eigenvalue weighted by molar-refractivity contribution is 6.14. The van der Waals surface area contributed by atoms with Crippen molar-refractivity contribution in [2.75, 3.05) is 31.0 Å². The molecule has 2 amide bonds. The van der Waals surface area contributed by atoms with Crippen molar-refractivity contribution in [3.63, 3.8) is 0 Å². The topological polar surface area (TPSA) is 94.2 Å². The number of nitrogens with one attached hydrogen (secondary N) is 1. The fourth-order valence-corrected chi connectivity index (χ4v) is 3.24. The van der Waals surface area contributed by atoms with Gasteiger partial charge < -0.3 is 19.5 Å². The van der Waals surface area contributed by atoms with E-state index in [0.717, 1.165) is 0 Å². The molecule has 0 saturated heterocycles. The Labute approximate surface area is 180 Å². The monoisotopic (exact) mass is 424 g/mol. The second-order valence-electron chi connectivity index (χ2n) is 7.31. The van der Waals surface area contributed by atoms with Gasteiger partial charge in [-0.1, -0.05) is 18.2 Å². The lowest BCUT2D eigenvalue weighted by Crippen LogP contribution is -2.59. The van der Waals surface area contributed by atoms with Gasteiger partial charge in [0.05, 0.1) is 25.6 Å². The summed E-state index contributed by atoms with van der Waals surface area (Å²) in [4.78, 5) is 38.3. The van der Waals surface area contributed by atoms with Crippen molar-refractivity contribution in [3.05, 3.63) is 54.1 Å². The molecule has 1 heterocycles. The van der Waals surface area contributed by atoms with Gasteiger partial charge in [-0.25, -0.2) is 4.79 Å². The van der Waals surface area contributed by atoms with E-state index in [4.69, 9.17) is 9.47 Å². The average Bonchev–Trinajstić information content (AvgIpc) is 2.76. The first-order valence-corrected chi connectivity index (χ1v) is 9.58. The SMILES string of the molecule is COC(=O)C=Cc1ccc(OCC(=O)N2c3ccccc3NC(=O)C2(C)C)c(OC)c1. The normalized spacial score (nSPS) is 14.6. The van der Waals surface area contributed by atoms with Gasteiger partial charge in [-0.2, -0.15) is 0 Å². The molecule has 1 aliphatic rings. The van der Waals surface area contributed by atoms with Gasteiger partial charge >= 0.3 is 5.97 Å². The van der Waals surface area contributed by atoms with Gasteiger partial charge in [-0.15, -0.1) is 0 Å². The zero-order chi connectivity index (χ0) is 22.6. The number of carbonyl (C=O) groups excluding carboxylic acids is 3. The summed E-state index contributed by atoms with van der Waals surface area (Å²) in [5.41, 5.74) is 0.792. The summed E-state index contributed by atoms with van der Waals surface area (Å²) in [6, 6.07) is 12.1. The van der Waals surface area contributed by atoms with E-state index in [2.05, 4.69) is 10.1 Å². The molecule has 0 unspecified atom stereocenters. The zero-order valence-electron chi connectivity index (χ0n) is 17.8. The molecule has 3 rings (SSSR count). The smallest absolute Gasteiger partial charge is 0.330 e. The molecule has 0 aliphatic carbocycles. The molecule has 0 atom stereocenters. The van der Waals surface area contributed by atoms with Crippen LogP contribution in [0.4, 0.5) is 11.4 Å². The quantitative estimate of drug-likeness (QED) is 0.566. The van der Waals surface area contributed by atoms with E-state index in [1.807, 2.05) is 0 Å². The van der Waals surface area contributed by atoms with Crippen LogP contribution in [0.5, 0.6) is 11.5 Å². The predicted molar refractivity (Wildman–Crippen MR) is 116 cm³/mol. The molecular formula is C23H24N2O6. The molecule has 0 bridgehead atoms. The molecule has 1 aliphatic heterocycles. The van der Waals surface area contributed by atoms with E-state index in [-0.39, 0.29) is 18.4 Å². The Balaban J connectivity index is 1.79. The van der Waals surface area contributed by atoms with Gasteiger partial charge in [0.25, 0.3) is 5.91 Å². The molecule has 1 N–H and O–H groups in total. The molecule has 0 aromatic heterocycles. The number of fused-ring (bicyclic) bond motifs is 1. The van der Waals surface area contributed by atoms with Crippen LogP contribution in [0.3, 0.4) is 0 Å². The largest absolute Gasteiger partial charge is 0.493 e. The Morgan fingerprint density at radius 3 is 2.55 bits per heavy atom. The van der Waals surface area contributed by atoms with Crippen LogP contribution in [0.1, 0.15) is 19.4 Å². The minimum Gasteiger partial charge on any atom is -0.493 e. The summed E-state index contributed by atoms with van der Waals surface area (Å²) in [6.07, 6.45) is 2.87. The van der Waals surface area contributed by atoms with Crippen molar-refractivity contribution in [2.24, 2.45) is 0 Å². The highest BCUT2D eigenvalue weighted by atomic mass is 16.5. The number of ether oxygens (including phenoxy) is 3. The van der Waals surface area contributed by atoms with Crippen molar-refractivity contribution in [1.29, 1.82) is 0 Å². The molecule has 0 spiro atoms. The van der Waals surface area contributed by atoms with Crippen LogP contribution >= 0.6 is 0 Å². The molecular weight excluding hydrogens is 400 g/mol. The number of anilines is 2. The maximum atomic E-state index is 13.1. The molecule has 0 fully saturated rings. The summed E-state index contributed by atoms with van der Waals surface area (Å²) >= 11 is 0. The highest BCUT2D eigenvalue weighted by Gasteiger charge is 2.43. The van der Waals surface area contributed by atoms with Crippen LogP contribution in [0.15, 0.2) is 48.5 Å². The van der Waals surface area contributed by atoms with E-state index >= 15 is 0 Å². The fourth-order valence-electron chi connectivity index (χ4n) is 3.24. The summed E-state index contributed by atoms with van der Waals surface area (Å²) in [6.45, 7) is 3.07. The minimum atomic E-state index is -1.08. The first-order valence-electron chi connectivity index (χ1n) is 9.58. The molecule has 2 aromatic rings. The Morgan fingerprint density at radius 2 is 1.84 bits per heavy atom. The Kier molecular flexibility index (Phi) is 6.29. The molecule has 2 aromatic carbocycles. The number of para-hydroxylation sites is 2. The van der Waals surface area contributed by atoms with Crippen LogP contribution in [0.25, 0.3) is 6.08 Å². The number of benzene rings is 2. The fraction of sp³-hybridized carbons (Fsp3) is 0.261. The lowest BCUT2D eigenvalue weighted by molar-refractivity contribution is -0.134.